The molecule has 3 aromatic rings. The summed E-state index contributed by atoms with van der Waals surface area (Å²) in [5, 5.41) is 14.5. The Balaban J connectivity index is 2.34. The number of methoxy groups -OCH3 is 1. The maximum atomic E-state index is 13.4. The molecule has 0 fully saturated rings. The van der Waals surface area contributed by atoms with Gasteiger partial charge in [0.15, 0.2) is 5.57 Å². The lowest BCUT2D eigenvalue weighted by Gasteiger charge is -2.09. The first-order chi connectivity index (χ1) is 15.0. The summed E-state index contributed by atoms with van der Waals surface area (Å²) in [4.78, 5) is 27.2. The van der Waals surface area contributed by atoms with Crippen LogP contribution in [0.15, 0.2) is 40.5 Å². The smallest absolute Gasteiger partial charge is 0.273 e. The van der Waals surface area contributed by atoms with Crippen LogP contribution in [0.25, 0.3) is 17.3 Å². The molecular formula is C23H23N3O3S2. The largest absolute Gasteiger partial charge is 0.495 e. The van der Waals surface area contributed by atoms with E-state index in [-0.39, 0.29) is 15.8 Å². The summed E-state index contributed by atoms with van der Waals surface area (Å²) < 4.78 is 7.57. The molecule has 0 bridgehead atoms. The van der Waals surface area contributed by atoms with E-state index in [1.165, 1.54) is 23.0 Å². The van der Waals surface area contributed by atoms with Crippen molar-refractivity contribution in [3.63, 3.8) is 0 Å². The minimum atomic E-state index is -0.486. The van der Waals surface area contributed by atoms with Gasteiger partial charge in [-0.1, -0.05) is 25.5 Å². The van der Waals surface area contributed by atoms with Crippen LogP contribution in [0, 0.1) is 18.3 Å². The fraction of sp³-hybridized carbons (Fsp3) is 0.261. The molecule has 2 aromatic heterocycles. The molecule has 8 heteroatoms. The third-order valence-corrected chi connectivity index (χ3v) is 6.74. The summed E-state index contributed by atoms with van der Waals surface area (Å²) in [6.45, 7) is 4.47. The van der Waals surface area contributed by atoms with Gasteiger partial charge in [0.2, 0.25) is 0 Å². The van der Waals surface area contributed by atoms with Gasteiger partial charge in [0.25, 0.3) is 11.5 Å². The van der Waals surface area contributed by atoms with E-state index in [0.29, 0.717) is 22.5 Å². The van der Waals surface area contributed by atoms with Crippen LogP contribution in [0.2, 0.25) is 0 Å². The predicted molar refractivity (Wildman–Crippen MR) is 125 cm³/mol. The van der Waals surface area contributed by atoms with Gasteiger partial charge in [-0.3, -0.25) is 14.2 Å². The summed E-state index contributed by atoms with van der Waals surface area (Å²) >= 11 is 2.67. The number of thiophene rings is 1. The Bertz CT molecular complexity index is 1310. The molecule has 1 aromatic carbocycles. The first-order valence-electron chi connectivity index (χ1n) is 9.85. The number of benzene rings is 1. The highest BCUT2D eigenvalue weighted by Crippen LogP contribution is 2.20. The van der Waals surface area contributed by atoms with Crippen LogP contribution < -0.4 is 24.8 Å². The van der Waals surface area contributed by atoms with Gasteiger partial charge >= 0.3 is 0 Å². The van der Waals surface area contributed by atoms with Gasteiger partial charge < -0.3 is 10.1 Å². The van der Waals surface area contributed by atoms with E-state index < -0.39 is 5.91 Å². The molecule has 0 saturated heterocycles. The molecule has 3 rings (SSSR count). The molecule has 1 N–H and O–H groups in total. The highest BCUT2D eigenvalue weighted by Gasteiger charge is 2.18. The molecule has 0 aliphatic carbocycles. The lowest BCUT2D eigenvalue weighted by molar-refractivity contribution is -0.115. The fourth-order valence-corrected chi connectivity index (χ4v) is 5.01. The highest BCUT2D eigenvalue weighted by molar-refractivity contribution is 7.11. The number of para-hydroxylation sites is 2. The molecule has 2 heterocycles. The average Bonchev–Trinajstić information content (AvgIpc) is 3.32. The SMILES string of the molecule is CCCCNC(=O)/C(C#N)=c1\s/c(=C\c2sccc2C)c(=O)n1-c1ccccc1OC. The second kappa shape index (κ2) is 10.2. The van der Waals surface area contributed by atoms with Gasteiger partial charge in [-0.15, -0.1) is 22.7 Å². The van der Waals surface area contributed by atoms with E-state index in [4.69, 9.17) is 4.74 Å². The normalized spacial score (nSPS) is 12.4. The molecule has 0 atom stereocenters. The Morgan fingerprint density at radius 1 is 1.32 bits per heavy atom. The minimum Gasteiger partial charge on any atom is -0.495 e. The van der Waals surface area contributed by atoms with Crippen molar-refractivity contribution in [3.05, 3.63) is 65.7 Å². The molecule has 0 spiro atoms. The van der Waals surface area contributed by atoms with E-state index in [1.807, 2.05) is 37.4 Å². The molecule has 6 nitrogen and oxygen atoms in total. The van der Waals surface area contributed by atoms with Gasteiger partial charge in [0, 0.05) is 11.4 Å². The number of nitrogens with one attached hydrogen (secondary N) is 1. The molecule has 0 aliphatic heterocycles. The number of thiazole rings is 1. The average molecular weight is 454 g/mol. The van der Waals surface area contributed by atoms with E-state index in [9.17, 15) is 14.9 Å². The van der Waals surface area contributed by atoms with Crippen LogP contribution in [0.5, 0.6) is 5.75 Å². The third kappa shape index (κ3) is 4.79. The summed E-state index contributed by atoms with van der Waals surface area (Å²) in [7, 11) is 1.52. The van der Waals surface area contributed by atoms with Crippen molar-refractivity contribution in [3.8, 4) is 17.5 Å². The number of hydrogen-bond acceptors (Lipinski definition) is 6. The van der Waals surface area contributed by atoms with Crippen LogP contribution in [0.3, 0.4) is 0 Å². The van der Waals surface area contributed by atoms with Crippen molar-refractivity contribution in [2.24, 2.45) is 0 Å². The molecule has 1 amide bonds. The lowest BCUT2D eigenvalue weighted by Crippen LogP contribution is -2.34. The molecule has 0 radical (unpaired) electrons. The fourth-order valence-electron chi connectivity index (χ4n) is 3.00. The van der Waals surface area contributed by atoms with Crippen LogP contribution in [0.4, 0.5) is 0 Å². The van der Waals surface area contributed by atoms with Gasteiger partial charge in [-0.05, 0) is 48.6 Å². The number of nitriles is 1. The van der Waals surface area contributed by atoms with Crippen LogP contribution in [-0.2, 0) is 4.79 Å². The van der Waals surface area contributed by atoms with Crippen molar-refractivity contribution < 1.29 is 9.53 Å². The van der Waals surface area contributed by atoms with E-state index in [2.05, 4.69) is 5.32 Å². The second-order valence-electron chi connectivity index (χ2n) is 6.79. The first kappa shape index (κ1) is 22.5. The van der Waals surface area contributed by atoms with Crippen molar-refractivity contribution in [2.75, 3.05) is 13.7 Å². The summed E-state index contributed by atoms with van der Waals surface area (Å²) in [6.07, 6.45) is 3.55. The Morgan fingerprint density at radius 3 is 2.74 bits per heavy atom. The number of hydrogen-bond donors (Lipinski definition) is 1. The van der Waals surface area contributed by atoms with Gasteiger partial charge in [0.05, 0.1) is 17.3 Å². The maximum absolute atomic E-state index is 13.4. The Hall–Kier alpha value is -3.15. The Morgan fingerprint density at radius 2 is 2.10 bits per heavy atom. The molecule has 160 valence electrons. The number of carbonyl (C=O) groups is 1. The highest BCUT2D eigenvalue weighted by atomic mass is 32.1. The Labute approximate surface area is 188 Å². The molecule has 31 heavy (non-hydrogen) atoms. The van der Waals surface area contributed by atoms with E-state index >= 15 is 0 Å². The molecule has 0 aliphatic rings. The number of unbranched alkanes of at least 4 members (excludes halogenated alkanes) is 1. The van der Waals surface area contributed by atoms with Crippen molar-refractivity contribution in [1.82, 2.24) is 9.88 Å². The lowest BCUT2D eigenvalue weighted by atomic mass is 10.2. The number of aromatic nitrogens is 1. The number of ether oxygens (including phenoxy) is 1. The number of carbonyl (C=O) groups excluding carboxylic acids is 1. The standard InChI is InChI=1S/C23H23N3O3S2/c1-4-5-11-25-21(27)16(14-24)23-26(17-8-6-7-9-18(17)29-3)22(28)20(31-23)13-19-15(2)10-12-30-19/h6-10,12-13H,4-5,11H2,1-3H3,(H,25,27)/b20-13-,23-16-. The second-order valence-corrected chi connectivity index (χ2v) is 8.77. The predicted octanol–water partition coefficient (Wildman–Crippen LogP) is 2.70. The minimum absolute atomic E-state index is 0.0911. The summed E-state index contributed by atoms with van der Waals surface area (Å²) in [5.41, 5.74) is 1.15. The van der Waals surface area contributed by atoms with Crippen LogP contribution in [0.1, 0.15) is 30.2 Å². The zero-order valence-corrected chi connectivity index (χ0v) is 19.2. The topological polar surface area (TPSA) is 84.1 Å². The Kier molecular flexibility index (Phi) is 7.45. The zero-order chi connectivity index (χ0) is 22.4. The quantitative estimate of drug-likeness (QED) is 0.558. The maximum Gasteiger partial charge on any atom is 0.273 e. The van der Waals surface area contributed by atoms with Gasteiger partial charge in [-0.2, -0.15) is 5.26 Å². The number of amides is 1. The zero-order valence-electron chi connectivity index (χ0n) is 17.6. The van der Waals surface area contributed by atoms with Gasteiger partial charge in [-0.25, -0.2) is 0 Å². The van der Waals surface area contributed by atoms with E-state index in [0.717, 1.165) is 34.6 Å². The van der Waals surface area contributed by atoms with Crippen molar-refractivity contribution in [1.29, 1.82) is 5.26 Å². The number of rotatable bonds is 7. The monoisotopic (exact) mass is 453 g/mol. The van der Waals surface area contributed by atoms with E-state index in [1.54, 1.807) is 24.3 Å². The molecule has 0 unspecified atom stereocenters. The first-order valence-corrected chi connectivity index (χ1v) is 11.5. The molecular weight excluding hydrogens is 430 g/mol. The van der Waals surface area contributed by atoms with Crippen molar-refractivity contribution >= 4 is 40.2 Å². The number of nitrogens with zero attached hydrogens (tertiary/aromatic N) is 2. The van der Waals surface area contributed by atoms with Crippen LogP contribution >= 0.6 is 22.7 Å². The summed E-state index contributed by atoms with van der Waals surface area (Å²) in [6, 6.07) is 11.0. The van der Waals surface area contributed by atoms with Crippen molar-refractivity contribution in [2.45, 2.75) is 26.7 Å². The molecule has 0 saturated carbocycles. The van der Waals surface area contributed by atoms with Crippen LogP contribution in [-0.4, -0.2) is 24.1 Å². The third-order valence-electron chi connectivity index (χ3n) is 4.68. The van der Waals surface area contributed by atoms with Gasteiger partial charge in [0.1, 0.15) is 16.5 Å². The summed E-state index contributed by atoms with van der Waals surface area (Å²) in [5.74, 6) is -0.00844. The number of aryl methyl sites for hydroxylation is 1.